The summed E-state index contributed by atoms with van der Waals surface area (Å²) in [5, 5.41) is 10.5. The van der Waals surface area contributed by atoms with Crippen molar-refractivity contribution in [3.63, 3.8) is 0 Å². The average Bonchev–Trinajstić information content (AvgIpc) is 3.41. The van der Waals surface area contributed by atoms with Crippen LogP contribution in [0.15, 0.2) is 27.6 Å². The lowest BCUT2D eigenvalue weighted by molar-refractivity contribution is -0.120. The molecule has 3 aromatic heterocycles. The summed E-state index contributed by atoms with van der Waals surface area (Å²) in [5.41, 5.74) is 0.718. The molecule has 1 aliphatic heterocycles. The summed E-state index contributed by atoms with van der Waals surface area (Å²) in [4.78, 5) is 28.0. The smallest absolute Gasteiger partial charge is 0.263 e. The number of hydrogen-bond acceptors (Lipinski definition) is 9. The van der Waals surface area contributed by atoms with Gasteiger partial charge in [-0.2, -0.15) is 4.98 Å². The largest absolute Gasteiger partial charge is 0.363 e. The Bertz CT molecular complexity index is 962. The summed E-state index contributed by atoms with van der Waals surface area (Å²) >= 11 is 0. The van der Waals surface area contributed by atoms with E-state index in [9.17, 15) is 4.79 Å². The van der Waals surface area contributed by atoms with E-state index in [1.54, 1.807) is 12.3 Å². The van der Waals surface area contributed by atoms with E-state index in [1.165, 1.54) is 6.26 Å². The molecule has 4 rings (SSSR count). The van der Waals surface area contributed by atoms with Crippen molar-refractivity contribution in [2.45, 2.75) is 39.5 Å². The van der Waals surface area contributed by atoms with E-state index in [1.807, 2.05) is 6.92 Å². The minimum absolute atomic E-state index is 0.0428. The van der Waals surface area contributed by atoms with Gasteiger partial charge >= 0.3 is 0 Å². The van der Waals surface area contributed by atoms with Crippen LogP contribution in [-0.4, -0.2) is 44.3 Å². The number of rotatable bonds is 6. The van der Waals surface area contributed by atoms with Gasteiger partial charge in [-0.1, -0.05) is 17.2 Å². The Labute approximate surface area is 167 Å². The quantitative estimate of drug-likeness (QED) is 0.668. The van der Waals surface area contributed by atoms with Crippen molar-refractivity contribution in [2.24, 2.45) is 5.92 Å². The number of hydrogen-bond donors (Lipinski definition) is 1. The number of nitrogens with zero attached hydrogens (tertiary/aromatic N) is 6. The number of carbonyl (C=O) groups is 1. The number of aromatic nitrogens is 5. The van der Waals surface area contributed by atoms with Gasteiger partial charge in [-0.25, -0.2) is 9.97 Å². The average molecular weight is 397 g/mol. The SMILES string of the molecule is CCCc1noc(-c2cnc(C)nc2N2CCC(C(=O)Nc3ccon3)CC2)n1. The van der Waals surface area contributed by atoms with Gasteiger partial charge in [-0.15, -0.1) is 0 Å². The minimum atomic E-state index is -0.0890. The van der Waals surface area contributed by atoms with Gasteiger partial charge in [0.05, 0.1) is 0 Å². The van der Waals surface area contributed by atoms with Gasteiger partial charge in [0.1, 0.15) is 23.5 Å². The summed E-state index contributed by atoms with van der Waals surface area (Å²) in [6, 6.07) is 1.63. The van der Waals surface area contributed by atoms with Crippen LogP contribution >= 0.6 is 0 Å². The Kier molecular flexibility index (Phi) is 5.50. The molecule has 1 saturated heterocycles. The van der Waals surface area contributed by atoms with Crippen molar-refractivity contribution in [3.8, 4) is 11.5 Å². The fourth-order valence-corrected chi connectivity index (χ4v) is 3.40. The van der Waals surface area contributed by atoms with Crippen LogP contribution < -0.4 is 10.2 Å². The maximum absolute atomic E-state index is 12.4. The Hall–Kier alpha value is -3.30. The molecule has 29 heavy (non-hydrogen) atoms. The molecule has 1 aliphatic rings. The molecule has 0 saturated carbocycles. The number of amides is 1. The normalized spacial score (nSPS) is 14.9. The van der Waals surface area contributed by atoms with Crippen molar-refractivity contribution in [3.05, 3.63) is 30.2 Å². The molecule has 0 bridgehead atoms. The van der Waals surface area contributed by atoms with Crippen LogP contribution in [-0.2, 0) is 11.2 Å². The summed E-state index contributed by atoms with van der Waals surface area (Å²) in [6.45, 7) is 5.30. The van der Waals surface area contributed by atoms with Crippen molar-refractivity contribution in [2.75, 3.05) is 23.3 Å². The third kappa shape index (κ3) is 4.25. The van der Waals surface area contributed by atoms with Crippen LogP contribution in [0, 0.1) is 12.8 Å². The highest BCUT2D eigenvalue weighted by Crippen LogP contribution is 2.31. The Morgan fingerprint density at radius 3 is 2.83 bits per heavy atom. The maximum Gasteiger partial charge on any atom is 0.263 e. The van der Waals surface area contributed by atoms with Crippen LogP contribution in [0.2, 0.25) is 0 Å². The second-order valence-electron chi connectivity index (χ2n) is 7.06. The molecular weight excluding hydrogens is 374 g/mol. The summed E-state index contributed by atoms with van der Waals surface area (Å²) in [5.74, 6) is 2.84. The van der Waals surface area contributed by atoms with Crippen molar-refractivity contribution >= 4 is 17.5 Å². The Balaban J connectivity index is 1.47. The molecule has 10 nitrogen and oxygen atoms in total. The lowest BCUT2D eigenvalue weighted by Crippen LogP contribution is -2.39. The highest BCUT2D eigenvalue weighted by molar-refractivity contribution is 5.91. The lowest BCUT2D eigenvalue weighted by Gasteiger charge is -2.32. The van der Waals surface area contributed by atoms with E-state index < -0.39 is 0 Å². The fourth-order valence-electron chi connectivity index (χ4n) is 3.40. The third-order valence-corrected chi connectivity index (χ3v) is 4.92. The first kappa shape index (κ1) is 19.0. The molecule has 4 heterocycles. The maximum atomic E-state index is 12.4. The summed E-state index contributed by atoms with van der Waals surface area (Å²) in [7, 11) is 0. The van der Waals surface area contributed by atoms with Gasteiger partial charge in [-0.05, 0) is 26.2 Å². The lowest BCUT2D eigenvalue weighted by atomic mass is 9.95. The number of piperidine rings is 1. The molecule has 0 unspecified atom stereocenters. The predicted molar refractivity (Wildman–Crippen MR) is 104 cm³/mol. The third-order valence-electron chi connectivity index (χ3n) is 4.92. The first-order valence-electron chi connectivity index (χ1n) is 9.77. The molecule has 0 aliphatic carbocycles. The zero-order chi connectivity index (χ0) is 20.2. The van der Waals surface area contributed by atoms with Crippen LogP contribution in [0.1, 0.15) is 37.8 Å². The van der Waals surface area contributed by atoms with E-state index in [0.717, 1.165) is 24.2 Å². The number of nitrogens with one attached hydrogen (secondary N) is 1. The molecule has 0 atom stereocenters. The topological polar surface area (TPSA) is 123 Å². The Morgan fingerprint density at radius 1 is 1.28 bits per heavy atom. The van der Waals surface area contributed by atoms with Crippen molar-refractivity contribution in [1.82, 2.24) is 25.3 Å². The molecule has 1 fully saturated rings. The number of aryl methyl sites for hydroxylation is 2. The first-order valence-corrected chi connectivity index (χ1v) is 9.77. The van der Waals surface area contributed by atoms with Crippen LogP contribution in [0.5, 0.6) is 0 Å². The Morgan fingerprint density at radius 2 is 2.10 bits per heavy atom. The van der Waals surface area contributed by atoms with Gasteiger partial charge < -0.3 is 19.3 Å². The second kappa shape index (κ2) is 8.38. The van der Waals surface area contributed by atoms with E-state index in [2.05, 4.69) is 42.4 Å². The molecule has 0 radical (unpaired) electrons. The van der Waals surface area contributed by atoms with Crippen molar-refractivity contribution < 1.29 is 13.8 Å². The first-order chi connectivity index (χ1) is 14.1. The van der Waals surface area contributed by atoms with Gasteiger partial charge in [-0.3, -0.25) is 4.79 Å². The van der Waals surface area contributed by atoms with Crippen LogP contribution in [0.4, 0.5) is 11.6 Å². The highest BCUT2D eigenvalue weighted by atomic mass is 16.5. The van der Waals surface area contributed by atoms with Gasteiger partial charge in [0.25, 0.3) is 5.89 Å². The highest BCUT2D eigenvalue weighted by Gasteiger charge is 2.28. The fraction of sp³-hybridized carbons (Fsp3) is 0.474. The zero-order valence-electron chi connectivity index (χ0n) is 16.5. The van der Waals surface area contributed by atoms with Gasteiger partial charge in [0.15, 0.2) is 11.6 Å². The monoisotopic (exact) mass is 397 g/mol. The molecule has 1 N–H and O–H groups in total. The predicted octanol–water partition coefficient (Wildman–Crippen LogP) is 2.63. The number of carbonyl (C=O) groups excluding carboxylic acids is 1. The molecule has 0 spiro atoms. The molecule has 10 heteroatoms. The minimum Gasteiger partial charge on any atom is -0.363 e. The van der Waals surface area contributed by atoms with Gasteiger partial charge in [0.2, 0.25) is 5.91 Å². The number of anilines is 2. The van der Waals surface area contributed by atoms with Gasteiger partial charge in [0, 0.05) is 37.7 Å². The zero-order valence-corrected chi connectivity index (χ0v) is 16.5. The van der Waals surface area contributed by atoms with E-state index >= 15 is 0 Å². The van der Waals surface area contributed by atoms with Crippen LogP contribution in [0.3, 0.4) is 0 Å². The summed E-state index contributed by atoms with van der Waals surface area (Å²) < 4.78 is 10.2. The van der Waals surface area contributed by atoms with Crippen LogP contribution in [0.25, 0.3) is 11.5 Å². The molecule has 152 valence electrons. The molecule has 3 aromatic rings. The molecule has 0 aromatic carbocycles. The standard InChI is InChI=1S/C19H23N7O3/c1-3-4-15-23-19(29-25-15)14-11-20-12(2)21-17(14)26-8-5-13(6-9-26)18(27)22-16-7-10-28-24-16/h7,10-11,13H,3-6,8-9H2,1-2H3,(H,22,24,27). The summed E-state index contributed by atoms with van der Waals surface area (Å²) in [6.07, 6.45) is 6.27. The second-order valence-corrected chi connectivity index (χ2v) is 7.06. The molecular formula is C19H23N7O3. The van der Waals surface area contributed by atoms with E-state index in [4.69, 9.17) is 9.05 Å². The molecule has 1 amide bonds. The van der Waals surface area contributed by atoms with Crippen molar-refractivity contribution in [1.29, 1.82) is 0 Å². The van der Waals surface area contributed by atoms with E-state index in [-0.39, 0.29) is 11.8 Å². The van der Waals surface area contributed by atoms with E-state index in [0.29, 0.717) is 49.3 Å².